The van der Waals surface area contributed by atoms with Crippen molar-refractivity contribution in [3.63, 3.8) is 0 Å². The topological polar surface area (TPSA) is 93.8 Å². The minimum Gasteiger partial charge on any atom is -0.366 e. The van der Waals surface area contributed by atoms with Gasteiger partial charge in [-0.1, -0.05) is 18.2 Å². The first kappa shape index (κ1) is 20.1. The molecular formula is C23H24N8O. The molecule has 0 amide bonds. The smallest absolute Gasteiger partial charge is 0.203 e. The summed E-state index contributed by atoms with van der Waals surface area (Å²) in [6.45, 7) is 3.86. The maximum atomic E-state index is 12.4. The molecule has 32 heavy (non-hydrogen) atoms. The third-order valence-corrected chi connectivity index (χ3v) is 5.51. The molecule has 1 aromatic carbocycles. The van der Waals surface area contributed by atoms with E-state index in [1.165, 1.54) is 6.07 Å². The molecule has 0 bridgehead atoms. The highest BCUT2D eigenvalue weighted by Gasteiger charge is 2.12. The van der Waals surface area contributed by atoms with E-state index >= 15 is 0 Å². The Hall–Kier alpha value is -3.85. The van der Waals surface area contributed by atoms with Gasteiger partial charge in [-0.3, -0.25) is 9.48 Å². The Morgan fingerprint density at radius 3 is 2.59 bits per heavy atom. The molecule has 3 aromatic heterocycles. The van der Waals surface area contributed by atoms with Crippen molar-refractivity contribution in [1.82, 2.24) is 34.8 Å². The van der Waals surface area contributed by atoms with Crippen LogP contribution in [-0.2, 0) is 13.5 Å². The van der Waals surface area contributed by atoms with E-state index in [0.29, 0.717) is 17.9 Å². The summed E-state index contributed by atoms with van der Waals surface area (Å²) in [7, 11) is 1.84. The number of nitrogens with one attached hydrogen (secondary N) is 1. The van der Waals surface area contributed by atoms with Gasteiger partial charge in [0, 0.05) is 57.5 Å². The molecule has 0 atom stereocenters. The number of hydrogen-bond acceptors (Lipinski definition) is 7. The summed E-state index contributed by atoms with van der Waals surface area (Å²) in [6.07, 6.45) is 9.41. The number of hydrogen-bond donors (Lipinski definition) is 1. The molecule has 1 aliphatic heterocycles. The lowest BCUT2D eigenvalue weighted by Gasteiger charge is -2.28. The first-order valence-electron chi connectivity index (χ1n) is 10.6. The second-order valence-corrected chi connectivity index (χ2v) is 7.82. The molecule has 4 aromatic rings. The average molecular weight is 429 g/mol. The summed E-state index contributed by atoms with van der Waals surface area (Å²) in [6, 6.07) is 9.48. The molecule has 1 N–H and O–H groups in total. The lowest BCUT2D eigenvalue weighted by atomic mass is 10.1. The van der Waals surface area contributed by atoms with Crippen molar-refractivity contribution in [1.29, 1.82) is 0 Å². The molecule has 4 heterocycles. The van der Waals surface area contributed by atoms with Crippen LogP contribution in [0, 0.1) is 0 Å². The molecule has 0 aliphatic carbocycles. The van der Waals surface area contributed by atoms with Crippen molar-refractivity contribution >= 4 is 5.69 Å². The van der Waals surface area contributed by atoms with Crippen LogP contribution in [0.4, 0.5) is 5.69 Å². The Labute approximate surface area is 185 Å². The van der Waals surface area contributed by atoms with Crippen LogP contribution in [0.5, 0.6) is 0 Å². The first-order valence-corrected chi connectivity index (χ1v) is 10.6. The molecule has 1 fully saturated rings. The average Bonchev–Trinajstić information content (AvgIpc) is 3.28. The largest absolute Gasteiger partial charge is 0.366 e. The molecule has 0 spiro atoms. The zero-order valence-electron chi connectivity index (χ0n) is 17.8. The van der Waals surface area contributed by atoms with E-state index in [1.807, 2.05) is 49.9 Å². The van der Waals surface area contributed by atoms with E-state index in [4.69, 9.17) is 0 Å². The fourth-order valence-electron chi connectivity index (χ4n) is 3.81. The van der Waals surface area contributed by atoms with Gasteiger partial charge in [-0.25, -0.2) is 14.6 Å². The number of rotatable bonds is 5. The monoisotopic (exact) mass is 428 g/mol. The molecule has 0 radical (unpaired) electrons. The Balaban J connectivity index is 1.37. The summed E-state index contributed by atoms with van der Waals surface area (Å²) in [4.78, 5) is 23.9. The van der Waals surface area contributed by atoms with Crippen molar-refractivity contribution in [2.45, 2.75) is 6.42 Å². The van der Waals surface area contributed by atoms with Crippen LogP contribution in [0.2, 0.25) is 0 Å². The Morgan fingerprint density at radius 2 is 1.84 bits per heavy atom. The van der Waals surface area contributed by atoms with Gasteiger partial charge in [0.05, 0.1) is 30.5 Å². The number of aryl methyl sites for hydroxylation is 1. The maximum Gasteiger partial charge on any atom is 0.203 e. The van der Waals surface area contributed by atoms with Crippen LogP contribution in [-0.4, -0.2) is 55.7 Å². The molecule has 1 aliphatic rings. The van der Waals surface area contributed by atoms with Crippen LogP contribution in [0.25, 0.3) is 17.1 Å². The predicted octanol–water partition coefficient (Wildman–Crippen LogP) is 1.42. The number of nitrogens with zero attached hydrogens (tertiary/aromatic N) is 7. The molecule has 0 saturated carbocycles. The SMILES string of the molecule is Cn1cc(-n2ccc(=O)c(Cc3cccc(-c4ncc(N5CCNCC5)cn4)c3)n2)cn1. The fraction of sp³-hybridized carbons (Fsp3) is 0.261. The summed E-state index contributed by atoms with van der Waals surface area (Å²) >= 11 is 0. The lowest BCUT2D eigenvalue weighted by molar-refractivity contribution is 0.588. The van der Waals surface area contributed by atoms with Crippen LogP contribution >= 0.6 is 0 Å². The molecule has 9 heteroatoms. The minimum atomic E-state index is -0.0906. The quantitative estimate of drug-likeness (QED) is 0.514. The van der Waals surface area contributed by atoms with Gasteiger partial charge >= 0.3 is 0 Å². The Morgan fingerprint density at radius 1 is 1.03 bits per heavy atom. The van der Waals surface area contributed by atoms with Crippen LogP contribution in [0.3, 0.4) is 0 Å². The van der Waals surface area contributed by atoms with Gasteiger partial charge in [0.2, 0.25) is 5.43 Å². The summed E-state index contributed by atoms with van der Waals surface area (Å²) in [5.41, 5.74) is 4.12. The highest BCUT2D eigenvalue weighted by Crippen LogP contribution is 2.20. The summed E-state index contributed by atoms with van der Waals surface area (Å²) < 4.78 is 3.37. The zero-order valence-corrected chi connectivity index (χ0v) is 17.8. The van der Waals surface area contributed by atoms with Crippen molar-refractivity contribution in [2.75, 3.05) is 31.1 Å². The number of benzene rings is 1. The molecule has 5 rings (SSSR count). The normalized spacial score (nSPS) is 14.0. The highest BCUT2D eigenvalue weighted by atomic mass is 16.1. The summed E-state index contributed by atoms with van der Waals surface area (Å²) in [5, 5.41) is 12.0. The fourth-order valence-corrected chi connectivity index (χ4v) is 3.81. The van der Waals surface area contributed by atoms with Gasteiger partial charge in [0.25, 0.3) is 0 Å². The van der Waals surface area contributed by atoms with E-state index in [2.05, 4.69) is 30.4 Å². The molecule has 162 valence electrons. The second kappa shape index (κ2) is 8.72. The summed E-state index contributed by atoms with van der Waals surface area (Å²) in [5.74, 6) is 0.666. The van der Waals surface area contributed by atoms with Crippen LogP contribution in [0.15, 0.2) is 66.1 Å². The highest BCUT2D eigenvalue weighted by molar-refractivity contribution is 5.58. The van der Waals surface area contributed by atoms with E-state index in [0.717, 1.165) is 48.7 Å². The second-order valence-electron chi connectivity index (χ2n) is 7.82. The van der Waals surface area contributed by atoms with Crippen LogP contribution < -0.4 is 15.6 Å². The van der Waals surface area contributed by atoms with E-state index in [-0.39, 0.29) is 5.43 Å². The molecule has 1 saturated heterocycles. The molecule has 0 unspecified atom stereocenters. The van der Waals surface area contributed by atoms with Crippen LogP contribution in [0.1, 0.15) is 11.3 Å². The van der Waals surface area contributed by atoms with Crippen molar-refractivity contribution < 1.29 is 0 Å². The van der Waals surface area contributed by atoms with Gasteiger partial charge in [-0.15, -0.1) is 0 Å². The first-order chi connectivity index (χ1) is 15.7. The zero-order chi connectivity index (χ0) is 21.9. The van der Waals surface area contributed by atoms with Gasteiger partial charge < -0.3 is 10.2 Å². The maximum absolute atomic E-state index is 12.4. The number of piperazine rings is 1. The third kappa shape index (κ3) is 4.28. The van der Waals surface area contributed by atoms with Crippen molar-refractivity contribution in [2.24, 2.45) is 7.05 Å². The van der Waals surface area contributed by atoms with Crippen molar-refractivity contribution in [3.05, 3.63) is 82.8 Å². The number of aromatic nitrogens is 6. The standard InChI is InChI=1S/C23H24N8O/c1-29-16-20(15-27-29)31-8-5-22(32)21(28-31)12-17-3-2-4-18(11-17)23-25-13-19(14-26-23)30-9-6-24-7-10-30/h2-5,8,11,13-16,24H,6-7,9-10,12H2,1H3. The van der Waals surface area contributed by atoms with Gasteiger partial charge in [0.15, 0.2) is 5.82 Å². The number of anilines is 1. The predicted molar refractivity (Wildman–Crippen MR) is 122 cm³/mol. The molecular weight excluding hydrogens is 404 g/mol. The van der Waals surface area contributed by atoms with Gasteiger partial charge in [0.1, 0.15) is 11.4 Å². The molecule has 9 nitrogen and oxygen atoms in total. The van der Waals surface area contributed by atoms with E-state index in [9.17, 15) is 4.79 Å². The Kier molecular flexibility index (Phi) is 5.47. The lowest BCUT2D eigenvalue weighted by Crippen LogP contribution is -2.43. The van der Waals surface area contributed by atoms with Gasteiger partial charge in [-0.2, -0.15) is 10.2 Å². The third-order valence-electron chi connectivity index (χ3n) is 5.51. The van der Waals surface area contributed by atoms with Crippen molar-refractivity contribution in [3.8, 4) is 17.1 Å². The van der Waals surface area contributed by atoms with E-state index < -0.39 is 0 Å². The van der Waals surface area contributed by atoms with E-state index in [1.54, 1.807) is 21.8 Å². The van der Waals surface area contributed by atoms with Gasteiger partial charge in [-0.05, 0) is 11.6 Å². The Bertz CT molecular complexity index is 1270. The minimum absolute atomic E-state index is 0.0906.